The smallest absolute Gasteiger partial charge is 0.152 e. The van der Waals surface area contributed by atoms with Crippen molar-refractivity contribution in [2.45, 2.75) is 13.2 Å². The van der Waals surface area contributed by atoms with Gasteiger partial charge in [-0.25, -0.2) is 18.4 Å². The van der Waals surface area contributed by atoms with Crippen molar-refractivity contribution in [2.75, 3.05) is 0 Å². The average molecular weight is 225 g/mol. The first-order valence-corrected chi connectivity index (χ1v) is 4.62. The number of hydrogen-bond donors (Lipinski definition) is 1. The van der Waals surface area contributed by atoms with Gasteiger partial charge in [0.1, 0.15) is 24.6 Å². The van der Waals surface area contributed by atoms with Crippen LogP contribution < -0.4 is 0 Å². The van der Waals surface area contributed by atoms with Crippen LogP contribution in [0.5, 0.6) is 0 Å². The quantitative estimate of drug-likeness (QED) is 0.850. The summed E-state index contributed by atoms with van der Waals surface area (Å²) < 4.78 is 27.3. The molecule has 1 aromatic heterocycles. The molecule has 0 aliphatic carbocycles. The van der Waals surface area contributed by atoms with Gasteiger partial charge in [-0.2, -0.15) is 5.10 Å². The molecule has 1 aromatic carbocycles. The van der Waals surface area contributed by atoms with Crippen molar-refractivity contribution < 1.29 is 13.9 Å². The van der Waals surface area contributed by atoms with Crippen molar-refractivity contribution in [1.82, 2.24) is 14.8 Å². The van der Waals surface area contributed by atoms with Gasteiger partial charge >= 0.3 is 0 Å². The second-order valence-corrected chi connectivity index (χ2v) is 3.23. The van der Waals surface area contributed by atoms with Crippen LogP contribution >= 0.6 is 0 Å². The number of aliphatic hydroxyl groups is 1. The molecule has 0 aliphatic rings. The Bertz CT molecular complexity index is 499. The molecule has 16 heavy (non-hydrogen) atoms. The van der Waals surface area contributed by atoms with Gasteiger partial charge in [0.2, 0.25) is 0 Å². The molecule has 0 atom stereocenters. The highest BCUT2D eigenvalue weighted by atomic mass is 19.1. The van der Waals surface area contributed by atoms with Crippen molar-refractivity contribution in [2.24, 2.45) is 0 Å². The molecular formula is C10H9F2N3O. The molecule has 0 radical (unpaired) electrons. The molecule has 0 bridgehead atoms. The van der Waals surface area contributed by atoms with Gasteiger partial charge in [0.25, 0.3) is 0 Å². The first-order valence-electron chi connectivity index (χ1n) is 4.62. The van der Waals surface area contributed by atoms with Crippen molar-refractivity contribution >= 4 is 0 Å². The maximum atomic E-state index is 13.3. The van der Waals surface area contributed by atoms with Gasteiger partial charge in [0.15, 0.2) is 5.82 Å². The molecule has 84 valence electrons. The lowest BCUT2D eigenvalue weighted by Gasteiger charge is -2.05. The second-order valence-electron chi connectivity index (χ2n) is 3.23. The molecule has 0 aliphatic heterocycles. The van der Waals surface area contributed by atoms with E-state index in [4.69, 9.17) is 5.11 Å². The highest BCUT2D eigenvalue weighted by Crippen LogP contribution is 2.11. The van der Waals surface area contributed by atoms with Crippen LogP contribution in [0.4, 0.5) is 8.78 Å². The molecule has 1 N–H and O–H groups in total. The standard InChI is InChI=1S/C10H9F2N3O/c11-8-2-1-7(9(12)3-8)4-15-10(5-16)13-6-14-15/h1-3,6,16H,4-5H2. The van der Waals surface area contributed by atoms with Crippen LogP contribution in [0, 0.1) is 11.6 Å². The lowest BCUT2D eigenvalue weighted by atomic mass is 10.2. The largest absolute Gasteiger partial charge is 0.388 e. The maximum absolute atomic E-state index is 13.3. The van der Waals surface area contributed by atoms with Crippen LogP contribution in [-0.4, -0.2) is 19.9 Å². The second kappa shape index (κ2) is 4.36. The van der Waals surface area contributed by atoms with E-state index in [1.165, 1.54) is 23.1 Å². The minimum Gasteiger partial charge on any atom is -0.388 e. The summed E-state index contributed by atoms with van der Waals surface area (Å²) in [6, 6.07) is 3.33. The van der Waals surface area contributed by atoms with Gasteiger partial charge in [-0.3, -0.25) is 0 Å². The molecule has 0 amide bonds. The lowest BCUT2D eigenvalue weighted by Crippen LogP contribution is -2.08. The fourth-order valence-corrected chi connectivity index (χ4v) is 1.35. The van der Waals surface area contributed by atoms with E-state index in [0.717, 1.165) is 6.07 Å². The Morgan fingerprint density at radius 3 is 2.81 bits per heavy atom. The van der Waals surface area contributed by atoms with Crippen LogP contribution in [0.25, 0.3) is 0 Å². The molecule has 4 nitrogen and oxygen atoms in total. The summed E-state index contributed by atoms with van der Waals surface area (Å²) in [6.07, 6.45) is 1.27. The summed E-state index contributed by atoms with van der Waals surface area (Å²) in [5, 5.41) is 12.8. The highest BCUT2D eigenvalue weighted by Gasteiger charge is 2.08. The van der Waals surface area contributed by atoms with Gasteiger partial charge < -0.3 is 5.11 Å². The van der Waals surface area contributed by atoms with Crippen molar-refractivity contribution in [3.05, 3.63) is 47.5 Å². The van der Waals surface area contributed by atoms with Gasteiger partial charge in [-0.15, -0.1) is 0 Å². The molecule has 0 unspecified atom stereocenters. The first-order chi connectivity index (χ1) is 7.70. The third-order valence-electron chi connectivity index (χ3n) is 2.17. The maximum Gasteiger partial charge on any atom is 0.152 e. The molecule has 6 heteroatoms. The summed E-state index contributed by atoms with van der Waals surface area (Å²) >= 11 is 0. The van der Waals surface area contributed by atoms with Gasteiger partial charge in [0, 0.05) is 11.6 Å². The van der Waals surface area contributed by atoms with Crippen molar-refractivity contribution in [3.8, 4) is 0 Å². The molecule has 0 saturated heterocycles. The predicted octanol–water partition coefficient (Wildman–Crippen LogP) is 1.10. The summed E-state index contributed by atoms with van der Waals surface area (Å²) in [6.45, 7) is -0.162. The van der Waals surface area contributed by atoms with E-state index in [1.54, 1.807) is 0 Å². The molecule has 2 rings (SSSR count). The average Bonchev–Trinajstić information content (AvgIpc) is 2.69. The number of rotatable bonds is 3. The Labute approximate surface area is 90.2 Å². The Morgan fingerprint density at radius 2 is 2.12 bits per heavy atom. The monoisotopic (exact) mass is 225 g/mol. The van der Waals surface area contributed by atoms with E-state index in [-0.39, 0.29) is 13.2 Å². The third-order valence-corrected chi connectivity index (χ3v) is 2.17. The number of aromatic nitrogens is 3. The third kappa shape index (κ3) is 2.06. The normalized spacial score (nSPS) is 10.7. The summed E-state index contributed by atoms with van der Waals surface area (Å²) in [5.41, 5.74) is 0.293. The zero-order valence-electron chi connectivity index (χ0n) is 8.27. The van der Waals surface area contributed by atoms with Crippen LogP contribution in [0.2, 0.25) is 0 Å². The fourth-order valence-electron chi connectivity index (χ4n) is 1.35. The van der Waals surface area contributed by atoms with Crippen LogP contribution in [0.1, 0.15) is 11.4 Å². The Balaban J connectivity index is 2.27. The van der Waals surface area contributed by atoms with Crippen molar-refractivity contribution in [3.63, 3.8) is 0 Å². The molecule has 0 saturated carbocycles. The number of nitrogens with zero attached hydrogens (tertiary/aromatic N) is 3. The van der Waals surface area contributed by atoms with Gasteiger partial charge in [0.05, 0.1) is 6.54 Å². The van der Waals surface area contributed by atoms with E-state index in [1.807, 2.05) is 0 Å². The van der Waals surface area contributed by atoms with E-state index < -0.39 is 11.6 Å². The zero-order valence-corrected chi connectivity index (χ0v) is 8.27. The van der Waals surface area contributed by atoms with Crippen LogP contribution in [-0.2, 0) is 13.2 Å². The number of halogens is 2. The van der Waals surface area contributed by atoms with Crippen LogP contribution in [0.15, 0.2) is 24.5 Å². The molecule has 1 heterocycles. The minimum atomic E-state index is -0.639. The molecule has 0 spiro atoms. The van der Waals surface area contributed by atoms with E-state index in [0.29, 0.717) is 11.4 Å². The van der Waals surface area contributed by atoms with E-state index in [9.17, 15) is 8.78 Å². The van der Waals surface area contributed by atoms with Gasteiger partial charge in [-0.1, -0.05) is 6.07 Å². The first kappa shape index (κ1) is 10.7. The number of benzene rings is 1. The summed E-state index contributed by atoms with van der Waals surface area (Å²) in [4.78, 5) is 3.78. The predicted molar refractivity (Wildman–Crippen MR) is 51.4 cm³/mol. The van der Waals surface area contributed by atoms with Crippen molar-refractivity contribution in [1.29, 1.82) is 0 Å². The number of aliphatic hydroxyl groups excluding tert-OH is 1. The minimum absolute atomic E-state index is 0.113. The van der Waals surface area contributed by atoms with Gasteiger partial charge in [-0.05, 0) is 6.07 Å². The number of hydrogen-bond acceptors (Lipinski definition) is 3. The Hall–Kier alpha value is -1.82. The lowest BCUT2D eigenvalue weighted by molar-refractivity contribution is 0.263. The zero-order chi connectivity index (χ0) is 11.5. The highest BCUT2D eigenvalue weighted by molar-refractivity contribution is 5.18. The molecular weight excluding hydrogens is 216 g/mol. The van der Waals surface area contributed by atoms with E-state index in [2.05, 4.69) is 10.1 Å². The molecule has 0 fully saturated rings. The summed E-state index contributed by atoms with van der Waals surface area (Å²) in [7, 11) is 0. The Morgan fingerprint density at radius 1 is 1.31 bits per heavy atom. The van der Waals surface area contributed by atoms with Crippen LogP contribution in [0.3, 0.4) is 0 Å². The molecule has 2 aromatic rings. The topological polar surface area (TPSA) is 50.9 Å². The summed E-state index contributed by atoms with van der Waals surface area (Å²) in [5.74, 6) is -0.926. The SMILES string of the molecule is OCc1ncnn1Cc1ccc(F)cc1F. The fraction of sp³-hybridized carbons (Fsp3) is 0.200. The Kier molecular flexibility index (Phi) is 2.91. The van der Waals surface area contributed by atoms with E-state index >= 15 is 0 Å².